The Balaban J connectivity index is 1.92. The van der Waals surface area contributed by atoms with E-state index in [-0.39, 0.29) is 29.2 Å². The molecule has 0 aliphatic carbocycles. The van der Waals surface area contributed by atoms with E-state index < -0.39 is 12.8 Å². The number of nitrogens with zero attached hydrogens (tertiary/aromatic N) is 1. The third-order valence-electron chi connectivity index (χ3n) is 3.78. The number of alkyl halides is 3. The van der Waals surface area contributed by atoms with Gasteiger partial charge in [-0.05, 0) is 24.1 Å². The zero-order valence-corrected chi connectivity index (χ0v) is 16.1. The number of carbonyl (C=O) groups is 1. The van der Waals surface area contributed by atoms with Gasteiger partial charge in [0.1, 0.15) is 5.76 Å². The number of ether oxygens (including phenoxy) is 2. The normalized spacial score (nSPS) is 12.0. The average Bonchev–Trinajstić information content (AvgIpc) is 3.06. The van der Waals surface area contributed by atoms with Crippen molar-refractivity contribution in [2.24, 2.45) is 0 Å². The van der Waals surface area contributed by atoms with Gasteiger partial charge in [-0.2, -0.15) is 13.2 Å². The van der Waals surface area contributed by atoms with Crippen LogP contribution in [0.4, 0.5) is 19.0 Å². The fraction of sp³-hybridized carbons (Fsp3) is 0.474. The second kappa shape index (κ2) is 8.53. The molecule has 0 atom stereocenters. The van der Waals surface area contributed by atoms with Crippen LogP contribution in [0.1, 0.15) is 38.5 Å². The van der Waals surface area contributed by atoms with E-state index in [2.05, 4.69) is 10.5 Å². The summed E-state index contributed by atoms with van der Waals surface area (Å²) in [5.41, 5.74) is 0.504. The van der Waals surface area contributed by atoms with Gasteiger partial charge in [0.2, 0.25) is 5.91 Å². The standard InChI is InChI=1S/C19H23F3N2O4/c1-18(2,3)15-10-16(24-28-15)23-17(25)8-6-12-5-7-13(14(9-12)26-4)27-11-19(20,21)22/h5,7,9-10H,6,8,11H2,1-4H3,(H,23,24,25). The first-order valence-corrected chi connectivity index (χ1v) is 8.61. The van der Waals surface area contributed by atoms with Gasteiger partial charge in [0.15, 0.2) is 23.9 Å². The number of rotatable bonds is 7. The zero-order valence-electron chi connectivity index (χ0n) is 16.1. The fourth-order valence-electron chi connectivity index (χ4n) is 2.30. The number of amides is 1. The second-order valence-corrected chi connectivity index (χ2v) is 7.26. The molecule has 6 nitrogen and oxygen atoms in total. The SMILES string of the molecule is COc1cc(CCC(=O)Nc2cc(C(C)(C)C)on2)ccc1OCC(F)(F)F. The minimum Gasteiger partial charge on any atom is -0.493 e. The number of halogens is 3. The minimum atomic E-state index is -4.43. The minimum absolute atomic E-state index is 0.00895. The first-order chi connectivity index (χ1) is 13.0. The molecule has 0 unspecified atom stereocenters. The summed E-state index contributed by atoms with van der Waals surface area (Å²) in [5, 5.41) is 6.48. The van der Waals surface area contributed by atoms with E-state index in [4.69, 9.17) is 14.0 Å². The van der Waals surface area contributed by atoms with Crippen LogP contribution in [-0.4, -0.2) is 31.0 Å². The molecule has 1 heterocycles. The Morgan fingerprint density at radius 3 is 2.46 bits per heavy atom. The van der Waals surface area contributed by atoms with Crippen LogP contribution in [0.3, 0.4) is 0 Å². The van der Waals surface area contributed by atoms with Crippen LogP contribution in [0.5, 0.6) is 11.5 Å². The first-order valence-electron chi connectivity index (χ1n) is 8.61. The van der Waals surface area contributed by atoms with Crippen LogP contribution in [0.2, 0.25) is 0 Å². The number of hydrogen-bond donors (Lipinski definition) is 1. The summed E-state index contributed by atoms with van der Waals surface area (Å²) >= 11 is 0. The highest BCUT2D eigenvalue weighted by Crippen LogP contribution is 2.30. The number of carbonyl (C=O) groups excluding carboxylic acids is 1. The molecule has 0 fully saturated rings. The van der Waals surface area contributed by atoms with Crippen molar-refractivity contribution in [3.63, 3.8) is 0 Å². The Labute approximate surface area is 161 Å². The van der Waals surface area contributed by atoms with E-state index in [1.807, 2.05) is 20.8 Å². The number of benzene rings is 1. The highest BCUT2D eigenvalue weighted by Gasteiger charge is 2.29. The van der Waals surface area contributed by atoms with Crippen molar-refractivity contribution in [3.8, 4) is 11.5 Å². The maximum atomic E-state index is 12.3. The molecule has 9 heteroatoms. The van der Waals surface area contributed by atoms with E-state index in [0.717, 1.165) is 5.56 Å². The lowest BCUT2D eigenvalue weighted by atomic mass is 9.93. The summed E-state index contributed by atoms with van der Waals surface area (Å²) in [6, 6.07) is 6.21. The molecule has 1 aromatic heterocycles. The molecule has 0 aliphatic rings. The summed E-state index contributed by atoms with van der Waals surface area (Å²) in [4.78, 5) is 12.1. The predicted molar refractivity (Wildman–Crippen MR) is 96.7 cm³/mol. The molecule has 0 spiro atoms. The quantitative estimate of drug-likeness (QED) is 0.741. The summed E-state index contributed by atoms with van der Waals surface area (Å²) in [6.45, 7) is 4.50. The van der Waals surface area contributed by atoms with Gasteiger partial charge in [0.25, 0.3) is 0 Å². The number of nitrogens with one attached hydrogen (secondary N) is 1. The maximum Gasteiger partial charge on any atom is 0.422 e. The van der Waals surface area contributed by atoms with Crippen LogP contribution in [-0.2, 0) is 16.6 Å². The molecule has 0 bridgehead atoms. The summed E-state index contributed by atoms with van der Waals surface area (Å²) in [7, 11) is 1.34. The molecule has 0 aliphatic heterocycles. The topological polar surface area (TPSA) is 73.6 Å². The number of methoxy groups -OCH3 is 1. The van der Waals surface area contributed by atoms with Crippen LogP contribution in [0, 0.1) is 0 Å². The van der Waals surface area contributed by atoms with Crippen molar-refractivity contribution < 1.29 is 32.0 Å². The van der Waals surface area contributed by atoms with Gasteiger partial charge in [-0.25, -0.2) is 0 Å². The monoisotopic (exact) mass is 400 g/mol. The Bertz CT molecular complexity index is 810. The largest absolute Gasteiger partial charge is 0.493 e. The molecule has 28 heavy (non-hydrogen) atoms. The van der Waals surface area contributed by atoms with Crippen LogP contribution in [0.25, 0.3) is 0 Å². The Hall–Kier alpha value is -2.71. The number of aryl methyl sites for hydroxylation is 1. The molecule has 154 valence electrons. The Morgan fingerprint density at radius 2 is 1.89 bits per heavy atom. The number of anilines is 1. The summed E-state index contributed by atoms with van der Waals surface area (Å²) in [5.74, 6) is 0.898. The van der Waals surface area contributed by atoms with E-state index in [1.54, 1.807) is 18.2 Å². The molecule has 1 N–H and O–H groups in total. The van der Waals surface area contributed by atoms with E-state index in [0.29, 0.717) is 18.0 Å². The van der Waals surface area contributed by atoms with Crippen molar-refractivity contribution in [1.82, 2.24) is 5.16 Å². The highest BCUT2D eigenvalue weighted by molar-refractivity contribution is 5.89. The predicted octanol–water partition coefficient (Wildman–Crippen LogP) is 4.49. The molecule has 0 saturated heterocycles. The highest BCUT2D eigenvalue weighted by atomic mass is 19.4. The van der Waals surface area contributed by atoms with Crippen molar-refractivity contribution in [1.29, 1.82) is 0 Å². The van der Waals surface area contributed by atoms with Crippen LogP contribution in [0.15, 0.2) is 28.8 Å². The number of aromatic nitrogens is 1. The maximum absolute atomic E-state index is 12.3. The molecular formula is C19H23F3N2O4. The molecular weight excluding hydrogens is 377 g/mol. The van der Waals surface area contributed by atoms with E-state index in [9.17, 15) is 18.0 Å². The Morgan fingerprint density at radius 1 is 1.18 bits per heavy atom. The molecule has 2 rings (SSSR count). The van der Waals surface area contributed by atoms with Crippen LogP contribution >= 0.6 is 0 Å². The lowest BCUT2D eigenvalue weighted by Crippen LogP contribution is -2.19. The van der Waals surface area contributed by atoms with Crippen molar-refractivity contribution in [2.45, 2.75) is 45.2 Å². The molecule has 2 aromatic rings. The molecule has 1 amide bonds. The van der Waals surface area contributed by atoms with E-state index >= 15 is 0 Å². The lowest BCUT2D eigenvalue weighted by molar-refractivity contribution is -0.153. The van der Waals surface area contributed by atoms with Crippen molar-refractivity contribution >= 4 is 11.7 Å². The third-order valence-corrected chi connectivity index (χ3v) is 3.78. The molecule has 1 aromatic carbocycles. The van der Waals surface area contributed by atoms with Crippen molar-refractivity contribution in [3.05, 3.63) is 35.6 Å². The average molecular weight is 400 g/mol. The lowest BCUT2D eigenvalue weighted by Gasteiger charge is -2.13. The smallest absolute Gasteiger partial charge is 0.422 e. The fourth-order valence-corrected chi connectivity index (χ4v) is 2.30. The van der Waals surface area contributed by atoms with Crippen LogP contribution < -0.4 is 14.8 Å². The third kappa shape index (κ3) is 6.47. The van der Waals surface area contributed by atoms with Gasteiger partial charge < -0.3 is 19.3 Å². The van der Waals surface area contributed by atoms with E-state index in [1.165, 1.54) is 13.2 Å². The van der Waals surface area contributed by atoms with Gasteiger partial charge in [-0.1, -0.05) is 32.0 Å². The van der Waals surface area contributed by atoms with Gasteiger partial charge in [-0.15, -0.1) is 0 Å². The molecule has 0 radical (unpaired) electrons. The first kappa shape index (κ1) is 21.6. The Kier molecular flexibility index (Phi) is 6.58. The van der Waals surface area contributed by atoms with Gasteiger partial charge in [-0.3, -0.25) is 4.79 Å². The molecule has 0 saturated carbocycles. The zero-order chi connectivity index (χ0) is 20.9. The van der Waals surface area contributed by atoms with Gasteiger partial charge in [0, 0.05) is 17.9 Å². The van der Waals surface area contributed by atoms with Gasteiger partial charge in [0.05, 0.1) is 7.11 Å². The second-order valence-electron chi connectivity index (χ2n) is 7.26. The van der Waals surface area contributed by atoms with Crippen molar-refractivity contribution in [2.75, 3.05) is 19.0 Å². The van der Waals surface area contributed by atoms with Gasteiger partial charge >= 0.3 is 6.18 Å². The number of hydrogen-bond acceptors (Lipinski definition) is 5. The summed E-state index contributed by atoms with van der Waals surface area (Å²) in [6.07, 6.45) is -3.91. The summed E-state index contributed by atoms with van der Waals surface area (Å²) < 4.78 is 51.9.